The van der Waals surface area contributed by atoms with Crippen molar-refractivity contribution in [1.82, 2.24) is 4.98 Å². The van der Waals surface area contributed by atoms with Crippen molar-refractivity contribution >= 4 is 61.2 Å². The molecule has 0 unspecified atom stereocenters. The van der Waals surface area contributed by atoms with Gasteiger partial charge in [-0.2, -0.15) is 5.10 Å². The summed E-state index contributed by atoms with van der Waals surface area (Å²) in [6.45, 7) is 0. The SMILES string of the molecule is O=c1oc2ccc(Br)cc2cc1-c1cnc(N/N=C\c2ccc(Cl)cc2)s1. The van der Waals surface area contributed by atoms with E-state index in [1.807, 2.05) is 24.3 Å². The first-order valence-corrected chi connectivity index (χ1v) is 9.81. The van der Waals surface area contributed by atoms with E-state index in [2.05, 4.69) is 31.4 Å². The molecule has 0 spiro atoms. The Kier molecular flexibility index (Phi) is 5.07. The largest absolute Gasteiger partial charge is 0.422 e. The number of fused-ring (bicyclic) bond motifs is 1. The number of aromatic nitrogens is 1. The summed E-state index contributed by atoms with van der Waals surface area (Å²) >= 11 is 10.6. The maximum atomic E-state index is 12.3. The molecule has 0 atom stereocenters. The van der Waals surface area contributed by atoms with Crippen LogP contribution >= 0.6 is 38.9 Å². The summed E-state index contributed by atoms with van der Waals surface area (Å²) < 4.78 is 6.32. The van der Waals surface area contributed by atoms with Crippen molar-refractivity contribution in [1.29, 1.82) is 0 Å². The van der Waals surface area contributed by atoms with E-state index in [-0.39, 0.29) is 0 Å². The molecule has 5 nitrogen and oxygen atoms in total. The summed E-state index contributed by atoms with van der Waals surface area (Å²) in [7, 11) is 0. The minimum atomic E-state index is -0.398. The van der Waals surface area contributed by atoms with E-state index >= 15 is 0 Å². The van der Waals surface area contributed by atoms with Gasteiger partial charge < -0.3 is 4.42 Å². The summed E-state index contributed by atoms with van der Waals surface area (Å²) in [4.78, 5) is 17.3. The molecule has 0 aliphatic rings. The van der Waals surface area contributed by atoms with Gasteiger partial charge in [-0.15, -0.1) is 0 Å². The standard InChI is InChI=1S/C19H11BrClN3O2S/c20-13-3-6-16-12(7-13)8-15(18(25)26-16)17-10-22-19(27-17)24-23-9-11-1-4-14(21)5-2-11/h1-10H,(H,22,24)/b23-9-. The molecule has 0 fully saturated rings. The fourth-order valence-electron chi connectivity index (χ4n) is 2.43. The molecule has 2 aromatic heterocycles. The number of hydrazone groups is 1. The van der Waals surface area contributed by atoms with Gasteiger partial charge in [-0.05, 0) is 42.0 Å². The number of hydrogen-bond donors (Lipinski definition) is 1. The number of nitrogens with one attached hydrogen (secondary N) is 1. The maximum absolute atomic E-state index is 12.3. The second-order valence-electron chi connectivity index (χ2n) is 5.58. The van der Waals surface area contributed by atoms with Crippen molar-refractivity contribution < 1.29 is 4.42 Å². The monoisotopic (exact) mass is 459 g/mol. The van der Waals surface area contributed by atoms with E-state index < -0.39 is 5.63 Å². The highest BCUT2D eigenvalue weighted by Crippen LogP contribution is 2.29. The first-order valence-electron chi connectivity index (χ1n) is 7.83. The molecule has 8 heteroatoms. The third-order valence-corrected chi connectivity index (χ3v) is 5.39. The molecule has 27 heavy (non-hydrogen) atoms. The molecular weight excluding hydrogens is 450 g/mol. The average molecular weight is 461 g/mol. The van der Waals surface area contributed by atoms with Crippen LogP contribution in [0, 0.1) is 0 Å². The Bertz CT molecular complexity index is 1200. The van der Waals surface area contributed by atoms with Crippen molar-refractivity contribution in [3.63, 3.8) is 0 Å². The molecule has 4 aromatic rings. The number of hydrogen-bond acceptors (Lipinski definition) is 6. The van der Waals surface area contributed by atoms with Crippen molar-refractivity contribution in [2.24, 2.45) is 5.10 Å². The van der Waals surface area contributed by atoms with Crippen molar-refractivity contribution in [2.45, 2.75) is 0 Å². The Morgan fingerprint density at radius 3 is 2.81 bits per heavy atom. The predicted molar refractivity (Wildman–Crippen MR) is 114 cm³/mol. The van der Waals surface area contributed by atoms with Crippen LogP contribution in [0.3, 0.4) is 0 Å². The number of benzene rings is 2. The van der Waals surface area contributed by atoms with Gasteiger partial charge in [0.05, 0.1) is 16.7 Å². The van der Waals surface area contributed by atoms with Gasteiger partial charge in [0, 0.05) is 21.1 Å². The van der Waals surface area contributed by atoms with E-state index in [4.69, 9.17) is 16.0 Å². The highest BCUT2D eigenvalue weighted by molar-refractivity contribution is 9.10. The van der Waals surface area contributed by atoms with E-state index in [0.717, 1.165) is 15.4 Å². The van der Waals surface area contributed by atoms with Gasteiger partial charge in [-0.3, -0.25) is 5.43 Å². The Morgan fingerprint density at radius 1 is 1.19 bits per heavy atom. The van der Waals surface area contributed by atoms with Gasteiger partial charge in [0.2, 0.25) is 5.13 Å². The van der Waals surface area contributed by atoms with Crippen molar-refractivity contribution in [2.75, 3.05) is 5.43 Å². The Hall–Kier alpha value is -2.48. The quantitative estimate of drug-likeness (QED) is 0.238. The predicted octanol–water partition coefficient (Wildman–Crippen LogP) is 5.78. The molecule has 2 heterocycles. The van der Waals surface area contributed by atoms with Crippen LogP contribution in [0.1, 0.15) is 5.56 Å². The molecule has 134 valence electrons. The Balaban J connectivity index is 1.57. The van der Waals surface area contributed by atoms with Crippen LogP contribution in [0.15, 0.2) is 73.5 Å². The van der Waals surface area contributed by atoms with Gasteiger partial charge in [0.1, 0.15) is 5.58 Å². The van der Waals surface area contributed by atoms with E-state index in [9.17, 15) is 4.79 Å². The third-order valence-electron chi connectivity index (χ3n) is 3.71. The molecular formula is C19H11BrClN3O2S. The molecule has 0 saturated heterocycles. The summed E-state index contributed by atoms with van der Waals surface area (Å²) in [6, 6.07) is 14.6. The maximum Gasteiger partial charge on any atom is 0.345 e. The number of halogens is 2. The Morgan fingerprint density at radius 2 is 2.00 bits per heavy atom. The number of thiazole rings is 1. The zero-order chi connectivity index (χ0) is 18.8. The zero-order valence-corrected chi connectivity index (χ0v) is 16.8. The van der Waals surface area contributed by atoms with Gasteiger partial charge in [0.15, 0.2) is 0 Å². The Labute approximate surface area is 171 Å². The fourth-order valence-corrected chi connectivity index (χ4v) is 3.70. The lowest BCUT2D eigenvalue weighted by Gasteiger charge is -2.00. The van der Waals surface area contributed by atoms with Crippen LogP contribution in [0.5, 0.6) is 0 Å². The van der Waals surface area contributed by atoms with E-state index in [0.29, 0.717) is 26.2 Å². The van der Waals surface area contributed by atoms with Gasteiger partial charge in [-0.1, -0.05) is 51.0 Å². The molecule has 0 amide bonds. The lowest BCUT2D eigenvalue weighted by molar-refractivity contribution is 0.563. The van der Waals surface area contributed by atoms with Crippen LogP contribution in [-0.2, 0) is 0 Å². The molecule has 0 aliphatic carbocycles. The number of anilines is 1. The van der Waals surface area contributed by atoms with Crippen LogP contribution in [0.4, 0.5) is 5.13 Å². The molecule has 1 N–H and O–H groups in total. The lowest BCUT2D eigenvalue weighted by Crippen LogP contribution is -2.01. The molecule has 0 aliphatic heterocycles. The van der Waals surface area contributed by atoms with Crippen LogP contribution in [0.25, 0.3) is 21.4 Å². The van der Waals surface area contributed by atoms with E-state index in [1.165, 1.54) is 11.3 Å². The average Bonchev–Trinajstić information content (AvgIpc) is 3.12. The minimum Gasteiger partial charge on any atom is -0.422 e. The smallest absolute Gasteiger partial charge is 0.345 e. The van der Waals surface area contributed by atoms with Gasteiger partial charge in [-0.25, -0.2) is 9.78 Å². The summed E-state index contributed by atoms with van der Waals surface area (Å²) in [5.74, 6) is 0. The first kappa shape index (κ1) is 17.9. The summed E-state index contributed by atoms with van der Waals surface area (Å²) in [6.07, 6.45) is 3.29. The van der Waals surface area contributed by atoms with Crippen molar-refractivity contribution in [3.05, 3.63) is 80.2 Å². The third kappa shape index (κ3) is 4.10. The zero-order valence-electron chi connectivity index (χ0n) is 13.6. The molecule has 0 saturated carbocycles. The van der Waals surface area contributed by atoms with Crippen molar-refractivity contribution in [3.8, 4) is 10.4 Å². The van der Waals surface area contributed by atoms with Crippen LogP contribution in [-0.4, -0.2) is 11.2 Å². The van der Waals surface area contributed by atoms with Gasteiger partial charge in [0.25, 0.3) is 0 Å². The van der Waals surface area contributed by atoms with Crippen LogP contribution < -0.4 is 11.1 Å². The minimum absolute atomic E-state index is 0.398. The van der Waals surface area contributed by atoms with E-state index in [1.54, 1.807) is 36.7 Å². The number of rotatable bonds is 4. The van der Waals surface area contributed by atoms with Gasteiger partial charge >= 0.3 is 5.63 Å². The second-order valence-corrected chi connectivity index (χ2v) is 7.96. The first-order chi connectivity index (χ1) is 13.1. The van der Waals surface area contributed by atoms with Crippen LogP contribution in [0.2, 0.25) is 5.02 Å². The number of nitrogens with zero attached hydrogens (tertiary/aromatic N) is 2. The second kappa shape index (κ2) is 7.64. The summed E-state index contributed by atoms with van der Waals surface area (Å²) in [5.41, 5.74) is 4.39. The molecule has 4 rings (SSSR count). The highest BCUT2D eigenvalue weighted by Gasteiger charge is 2.11. The topological polar surface area (TPSA) is 67.5 Å². The lowest BCUT2D eigenvalue weighted by atomic mass is 10.2. The fraction of sp³-hybridized carbons (Fsp3) is 0. The molecule has 2 aromatic carbocycles. The summed E-state index contributed by atoms with van der Waals surface area (Å²) in [5, 5.41) is 6.24. The highest BCUT2D eigenvalue weighted by atomic mass is 79.9. The molecule has 0 radical (unpaired) electrons. The molecule has 0 bridgehead atoms. The normalized spacial score (nSPS) is 11.3.